The molecule has 1 aromatic heterocycles. The lowest BCUT2D eigenvalue weighted by molar-refractivity contribution is 0.0658. The second kappa shape index (κ2) is 8.37. The highest BCUT2D eigenvalue weighted by atomic mass is 16.2. The third-order valence-electron chi connectivity index (χ3n) is 6.13. The molecule has 1 aromatic carbocycles. The lowest BCUT2D eigenvalue weighted by Crippen LogP contribution is -2.48. The molecule has 2 aromatic rings. The van der Waals surface area contributed by atoms with Gasteiger partial charge in [0.2, 0.25) is 5.95 Å². The van der Waals surface area contributed by atoms with Crippen LogP contribution in [-0.2, 0) is 0 Å². The molecule has 7 heteroatoms. The standard InChI is InChI=1S/C22H30N6O/c1-17-5-4-6-20(18(17)2)26-13-15-28(16-14-26)22-23-8-7-19(24-22)21(29)27-11-9-25(3)10-12-27/h4-8H,9-16H2,1-3H3. The predicted molar refractivity (Wildman–Crippen MR) is 116 cm³/mol. The molecule has 0 saturated carbocycles. The molecule has 0 N–H and O–H groups in total. The SMILES string of the molecule is Cc1cccc(N2CCN(c3nccc(C(=O)N4CCN(C)CC4)n3)CC2)c1C. The molecule has 0 aliphatic carbocycles. The van der Waals surface area contributed by atoms with Gasteiger partial charge in [-0.3, -0.25) is 4.79 Å². The van der Waals surface area contributed by atoms with Crippen LogP contribution in [0.5, 0.6) is 0 Å². The van der Waals surface area contributed by atoms with E-state index < -0.39 is 0 Å². The van der Waals surface area contributed by atoms with E-state index in [0.717, 1.165) is 52.4 Å². The average molecular weight is 395 g/mol. The van der Waals surface area contributed by atoms with Gasteiger partial charge >= 0.3 is 0 Å². The molecule has 7 nitrogen and oxygen atoms in total. The zero-order chi connectivity index (χ0) is 20.4. The number of rotatable bonds is 3. The van der Waals surface area contributed by atoms with Gasteiger partial charge in [-0.05, 0) is 44.2 Å². The van der Waals surface area contributed by atoms with Crippen LogP contribution >= 0.6 is 0 Å². The van der Waals surface area contributed by atoms with Crippen molar-refractivity contribution in [3.63, 3.8) is 0 Å². The molecule has 0 radical (unpaired) electrons. The van der Waals surface area contributed by atoms with E-state index in [4.69, 9.17) is 0 Å². The van der Waals surface area contributed by atoms with E-state index in [2.05, 4.69) is 63.8 Å². The van der Waals surface area contributed by atoms with Crippen molar-refractivity contribution in [1.29, 1.82) is 0 Å². The Labute approximate surface area is 172 Å². The number of amides is 1. The van der Waals surface area contributed by atoms with Gasteiger partial charge in [-0.1, -0.05) is 12.1 Å². The summed E-state index contributed by atoms with van der Waals surface area (Å²) in [5.41, 5.74) is 4.47. The van der Waals surface area contributed by atoms with Gasteiger partial charge in [0.25, 0.3) is 5.91 Å². The largest absolute Gasteiger partial charge is 0.368 e. The summed E-state index contributed by atoms with van der Waals surface area (Å²) in [6.45, 7) is 11.2. The van der Waals surface area contributed by atoms with E-state index in [1.165, 1.54) is 16.8 Å². The first-order valence-corrected chi connectivity index (χ1v) is 10.4. The Morgan fingerprint density at radius 1 is 0.897 bits per heavy atom. The van der Waals surface area contributed by atoms with Crippen LogP contribution < -0.4 is 9.80 Å². The minimum Gasteiger partial charge on any atom is -0.368 e. The molecule has 2 saturated heterocycles. The number of hydrogen-bond acceptors (Lipinski definition) is 6. The van der Waals surface area contributed by atoms with Gasteiger partial charge in [0.05, 0.1) is 0 Å². The van der Waals surface area contributed by atoms with Crippen LogP contribution in [0.1, 0.15) is 21.6 Å². The van der Waals surface area contributed by atoms with Crippen molar-refractivity contribution < 1.29 is 4.79 Å². The monoisotopic (exact) mass is 394 g/mol. The Morgan fingerprint density at radius 3 is 2.31 bits per heavy atom. The van der Waals surface area contributed by atoms with Gasteiger partial charge in [0.1, 0.15) is 5.69 Å². The van der Waals surface area contributed by atoms with Gasteiger partial charge in [-0.2, -0.15) is 0 Å². The fourth-order valence-corrected chi connectivity index (χ4v) is 4.02. The van der Waals surface area contributed by atoms with Crippen molar-refractivity contribution in [1.82, 2.24) is 19.8 Å². The molecule has 29 heavy (non-hydrogen) atoms. The first kappa shape index (κ1) is 19.6. The van der Waals surface area contributed by atoms with Crippen molar-refractivity contribution in [2.75, 3.05) is 69.2 Å². The first-order chi connectivity index (χ1) is 14.0. The smallest absolute Gasteiger partial charge is 0.272 e. The lowest BCUT2D eigenvalue weighted by atomic mass is 10.1. The summed E-state index contributed by atoms with van der Waals surface area (Å²) >= 11 is 0. The Balaban J connectivity index is 1.42. The first-order valence-electron chi connectivity index (χ1n) is 10.4. The predicted octanol–water partition coefficient (Wildman–Crippen LogP) is 1.81. The van der Waals surface area contributed by atoms with Crippen LogP contribution in [-0.4, -0.2) is 85.1 Å². The number of aryl methyl sites for hydroxylation is 1. The van der Waals surface area contributed by atoms with Gasteiger partial charge in [-0.25, -0.2) is 9.97 Å². The summed E-state index contributed by atoms with van der Waals surface area (Å²) in [7, 11) is 2.09. The maximum atomic E-state index is 12.8. The molecule has 2 aliphatic rings. The van der Waals surface area contributed by atoms with Crippen LogP contribution in [0, 0.1) is 13.8 Å². The minimum absolute atomic E-state index is 0.00997. The highest BCUT2D eigenvalue weighted by Gasteiger charge is 2.24. The van der Waals surface area contributed by atoms with Crippen LogP contribution in [0.15, 0.2) is 30.5 Å². The molecule has 154 valence electrons. The van der Waals surface area contributed by atoms with E-state index in [-0.39, 0.29) is 5.91 Å². The summed E-state index contributed by atoms with van der Waals surface area (Å²) in [6, 6.07) is 8.22. The lowest BCUT2D eigenvalue weighted by Gasteiger charge is -2.37. The fraction of sp³-hybridized carbons (Fsp3) is 0.500. The Kier molecular flexibility index (Phi) is 5.67. The molecule has 2 aliphatic heterocycles. The number of benzene rings is 1. The zero-order valence-corrected chi connectivity index (χ0v) is 17.6. The summed E-state index contributed by atoms with van der Waals surface area (Å²) in [5.74, 6) is 0.668. The molecular weight excluding hydrogens is 364 g/mol. The van der Waals surface area contributed by atoms with E-state index in [9.17, 15) is 4.79 Å². The third-order valence-corrected chi connectivity index (χ3v) is 6.13. The topological polar surface area (TPSA) is 55.8 Å². The number of piperazine rings is 2. The van der Waals surface area contributed by atoms with Crippen molar-refractivity contribution in [3.8, 4) is 0 Å². The number of carbonyl (C=O) groups excluding carboxylic acids is 1. The number of anilines is 2. The fourth-order valence-electron chi connectivity index (χ4n) is 4.02. The summed E-state index contributed by atoms with van der Waals surface area (Å²) < 4.78 is 0. The van der Waals surface area contributed by atoms with Crippen molar-refractivity contribution >= 4 is 17.5 Å². The van der Waals surface area contributed by atoms with Crippen molar-refractivity contribution in [2.24, 2.45) is 0 Å². The number of nitrogens with zero attached hydrogens (tertiary/aromatic N) is 6. The number of hydrogen-bond donors (Lipinski definition) is 0. The molecule has 3 heterocycles. The van der Waals surface area contributed by atoms with E-state index in [1.54, 1.807) is 12.3 Å². The summed E-state index contributed by atoms with van der Waals surface area (Å²) in [5, 5.41) is 0. The van der Waals surface area contributed by atoms with Crippen LogP contribution in [0.4, 0.5) is 11.6 Å². The summed E-state index contributed by atoms with van der Waals surface area (Å²) in [6.07, 6.45) is 1.71. The Bertz CT molecular complexity index is 869. The molecule has 0 bridgehead atoms. The van der Waals surface area contributed by atoms with E-state index in [0.29, 0.717) is 11.6 Å². The van der Waals surface area contributed by atoms with Crippen LogP contribution in [0.3, 0.4) is 0 Å². The van der Waals surface area contributed by atoms with Crippen LogP contribution in [0.2, 0.25) is 0 Å². The molecule has 0 spiro atoms. The van der Waals surface area contributed by atoms with E-state index in [1.807, 2.05) is 4.90 Å². The van der Waals surface area contributed by atoms with E-state index >= 15 is 0 Å². The second-order valence-electron chi connectivity index (χ2n) is 8.03. The number of likely N-dealkylation sites (N-methyl/N-ethyl adjacent to an activating group) is 1. The van der Waals surface area contributed by atoms with Gasteiger partial charge in [0, 0.05) is 64.2 Å². The average Bonchev–Trinajstić information content (AvgIpc) is 2.76. The molecule has 2 fully saturated rings. The molecular formula is C22H30N6O. The minimum atomic E-state index is 0.00997. The zero-order valence-electron chi connectivity index (χ0n) is 17.6. The van der Waals surface area contributed by atoms with Gasteiger partial charge < -0.3 is 19.6 Å². The normalized spacial score (nSPS) is 18.2. The highest BCUT2D eigenvalue weighted by Crippen LogP contribution is 2.24. The maximum absolute atomic E-state index is 12.8. The third kappa shape index (κ3) is 4.19. The summed E-state index contributed by atoms with van der Waals surface area (Å²) in [4.78, 5) is 30.6. The van der Waals surface area contributed by atoms with Gasteiger partial charge in [-0.15, -0.1) is 0 Å². The molecule has 0 atom stereocenters. The molecule has 1 amide bonds. The number of carbonyl (C=O) groups is 1. The Morgan fingerprint density at radius 2 is 1.59 bits per heavy atom. The van der Waals surface area contributed by atoms with Gasteiger partial charge in [0.15, 0.2) is 0 Å². The highest BCUT2D eigenvalue weighted by molar-refractivity contribution is 5.92. The van der Waals surface area contributed by atoms with Crippen LogP contribution in [0.25, 0.3) is 0 Å². The van der Waals surface area contributed by atoms with Crippen molar-refractivity contribution in [2.45, 2.75) is 13.8 Å². The molecule has 4 rings (SSSR count). The quantitative estimate of drug-likeness (QED) is 0.791. The second-order valence-corrected chi connectivity index (χ2v) is 8.03. The van der Waals surface area contributed by atoms with Crippen molar-refractivity contribution in [3.05, 3.63) is 47.3 Å². The maximum Gasteiger partial charge on any atom is 0.272 e. The number of aromatic nitrogens is 2. The Hall–Kier alpha value is -2.67. The molecule has 0 unspecified atom stereocenters.